The average Bonchev–Trinajstić information content (AvgIpc) is 2.88. The van der Waals surface area contributed by atoms with E-state index in [2.05, 4.69) is 5.32 Å². The van der Waals surface area contributed by atoms with Crippen molar-refractivity contribution >= 4 is 17.5 Å². The van der Waals surface area contributed by atoms with E-state index in [-0.39, 0.29) is 24.3 Å². The maximum atomic E-state index is 12.0. The molecule has 0 saturated carbocycles. The number of hydrogen-bond donors (Lipinski definition) is 2. The Morgan fingerprint density at radius 1 is 1.47 bits per heavy atom. The maximum absolute atomic E-state index is 12.0. The van der Waals surface area contributed by atoms with E-state index in [4.69, 9.17) is 5.11 Å². The van der Waals surface area contributed by atoms with Gasteiger partial charge in [-0.15, -0.1) is 0 Å². The molecule has 1 aromatic carbocycles. The molecule has 0 aliphatic carbocycles. The molecule has 102 valence electrons. The van der Waals surface area contributed by atoms with Crippen LogP contribution >= 0.6 is 0 Å². The molecule has 0 bridgehead atoms. The van der Waals surface area contributed by atoms with Gasteiger partial charge in [-0.3, -0.25) is 4.79 Å². The maximum Gasteiger partial charge on any atom is 0.321 e. The largest absolute Gasteiger partial charge is 0.396 e. The molecule has 1 unspecified atom stereocenters. The molecule has 1 aromatic rings. The number of aliphatic hydroxyl groups excluding tert-OH is 1. The molecule has 1 atom stereocenters. The van der Waals surface area contributed by atoms with Gasteiger partial charge in [0.25, 0.3) is 0 Å². The lowest BCUT2D eigenvalue weighted by Crippen LogP contribution is -2.33. The summed E-state index contributed by atoms with van der Waals surface area (Å²) in [4.78, 5) is 25.0. The summed E-state index contributed by atoms with van der Waals surface area (Å²) in [5, 5.41) is 11.8. The summed E-state index contributed by atoms with van der Waals surface area (Å²) >= 11 is 0. The van der Waals surface area contributed by atoms with Gasteiger partial charge in [0.1, 0.15) is 0 Å². The number of urea groups is 1. The SMILES string of the molecule is CC(=O)c1cccc(NC(=O)N2CCC(CO)C2)c1. The molecule has 0 radical (unpaired) electrons. The summed E-state index contributed by atoms with van der Waals surface area (Å²) in [6.07, 6.45) is 0.831. The van der Waals surface area contributed by atoms with E-state index in [1.807, 2.05) is 0 Å². The van der Waals surface area contributed by atoms with E-state index < -0.39 is 0 Å². The van der Waals surface area contributed by atoms with Crippen LogP contribution in [0.4, 0.5) is 10.5 Å². The van der Waals surface area contributed by atoms with E-state index in [0.717, 1.165) is 6.42 Å². The number of Topliss-reactive ketones (excluding diaryl/α,β-unsaturated/α-hetero) is 1. The lowest BCUT2D eigenvalue weighted by atomic mass is 10.1. The molecular weight excluding hydrogens is 244 g/mol. The number of amides is 2. The standard InChI is InChI=1S/C14H18N2O3/c1-10(18)12-3-2-4-13(7-12)15-14(19)16-6-5-11(8-16)9-17/h2-4,7,11,17H,5-6,8-9H2,1H3,(H,15,19). The Morgan fingerprint density at radius 2 is 2.26 bits per heavy atom. The van der Waals surface area contributed by atoms with Crippen molar-refractivity contribution in [1.82, 2.24) is 4.90 Å². The molecule has 2 N–H and O–H groups in total. The van der Waals surface area contributed by atoms with Crippen molar-refractivity contribution in [3.05, 3.63) is 29.8 Å². The number of rotatable bonds is 3. The molecule has 2 rings (SSSR count). The van der Waals surface area contributed by atoms with Gasteiger partial charge in [-0.25, -0.2) is 4.79 Å². The lowest BCUT2D eigenvalue weighted by molar-refractivity contribution is 0.101. The molecule has 19 heavy (non-hydrogen) atoms. The Balaban J connectivity index is 1.99. The van der Waals surface area contributed by atoms with Crippen molar-refractivity contribution in [2.75, 3.05) is 25.0 Å². The van der Waals surface area contributed by atoms with Gasteiger partial charge in [-0.2, -0.15) is 0 Å². The number of nitrogens with zero attached hydrogens (tertiary/aromatic N) is 1. The number of anilines is 1. The molecule has 1 fully saturated rings. The van der Waals surface area contributed by atoms with Crippen LogP contribution in [0.1, 0.15) is 23.7 Å². The Morgan fingerprint density at radius 3 is 2.89 bits per heavy atom. The number of ketones is 1. The number of likely N-dealkylation sites (tertiary alicyclic amines) is 1. The molecular formula is C14H18N2O3. The summed E-state index contributed by atoms with van der Waals surface area (Å²) in [6, 6.07) is 6.70. The summed E-state index contributed by atoms with van der Waals surface area (Å²) in [7, 11) is 0. The highest BCUT2D eigenvalue weighted by atomic mass is 16.3. The van der Waals surface area contributed by atoms with Crippen LogP contribution in [0.2, 0.25) is 0 Å². The third kappa shape index (κ3) is 3.32. The van der Waals surface area contributed by atoms with Crippen molar-refractivity contribution in [3.8, 4) is 0 Å². The highest BCUT2D eigenvalue weighted by Gasteiger charge is 2.25. The monoisotopic (exact) mass is 262 g/mol. The summed E-state index contributed by atoms with van der Waals surface area (Å²) in [5.74, 6) is 0.145. The predicted octanol–water partition coefficient (Wildman–Crippen LogP) is 1.74. The number of nitrogens with one attached hydrogen (secondary N) is 1. The third-order valence-electron chi connectivity index (χ3n) is 3.35. The Hall–Kier alpha value is -1.88. The van der Waals surface area contributed by atoms with Crippen molar-refractivity contribution < 1.29 is 14.7 Å². The first-order valence-corrected chi connectivity index (χ1v) is 6.38. The molecule has 0 spiro atoms. The van der Waals surface area contributed by atoms with Gasteiger partial charge < -0.3 is 15.3 Å². The zero-order chi connectivity index (χ0) is 13.8. The average molecular weight is 262 g/mol. The smallest absolute Gasteiger partial charge is 0.321 e. The van der Waals surface area contributed by atoms with Gasteiger partial charge in [0.2, 0.25) is 0 Å². The van der Waals surface area contributed by atoms with Crippen LogP contribution in [0, 0.1) is 5.92 Å². The Kier molecular flexibility index (Phi) is 4.16. The summed E-state index contributed by atoms with van der Waals surface area (Å²) in [5.41, 5.74) is 1.19. The minimum Gasteiger partial charge on any atom is -0.396 e. The number of benzene rings is 1. The molecule has 5 heteroatoms. The van der Waals surface area contributed by atoms with Crippen LogP contribution < -0.4 is 5.32 Å². The van der Waals surface area contributed by atoms with Crippen LogP contribution in [0.3, 0.4) is 0 Å². The van der Waals surface area contributed by atoms with Crippen LogP contribution in [-0.2, 0) is 0 Å². The summed E-state index contributed by atoms with van der Waals surface area (Å²) < 4.78 is 0. The van der Waals surface area contributed by atoms with Gasteiger partial charge in [0, 0.05) is 36.9 Å². The van der Waals surface area contributed by atoms with E-state index in [9.17, 15) is 9.59 Å². The minimum absolute atomic E-state index is 0.0300. The second kappa shape index (κ2) is 5.84. The topological polar surface area (TPSA) is 69.6 Å². The zero-order valence-corrected chi connectivity index (χ0v) is 10.9. The number of carbonyl (C=O) groups excluding carboxylic acids is 2. The van der Waals surface area contributed by atoms with Gasteiger partial charge in [-0.05, 0) is 25.5 Å². The van der Waals surface area contributed by atoms with E-state index >= 15 is 0 Å². The van der Waals surface area contributed by atoms with Gasteiger partial charge in [-0.1, -0.05) is 12.1 Å². The molecule has 1 aliphatic heterocycles. The zero-order valence-electron chi connectivity index (χ0n) is 10.9. The van der Waals surface area contributed by atoms with Gasteiger partial charge in [0.15, 0.2) is 5.78 Å². The molecule has 2 amide bonds. The number of hydrogen-bond acceptors (Lipinski definition) is 3. The first-order valence-electron chi connectivity index (χ1n) is 6.38. The first-order chi connectivity index (χ1) is 9.10. The second-order valence-corrected chi connectivity index (χ2v) is 4.85. The van der Waals surface area contributed by atoms with Crippen LogP contribution in [0.15, 0.2) is 24.3 Å². The Labute approximate surface area is 112 Å². The Bertz CT molecular complexity index is 487. The molecule has 0 aromatic heterocycles. The molecule has 5 nitrogen and oxygen atoms in total. The third-order valence-corrected chi connectivity index (χ3v) is 3.35. The van der Waals surface area contributed by atoms with Crippen molar-refractivity contribution in [3.63, 3.8) is 0 Å². The van der Waals surface area contributed by atoms with Crippen molar-refractivity contribution in [2.24, 2.45) is 5.92 Å². The minimum atomic E-state index is -0.184. The van der Waals surface area contributed by atoms with Crippen molar-refractivity contribution in [2.45, 2.75) is 13.3 Å². The van der Waals surface area contributed by atoms with Crippen molar-refractivity contribution in [1.29, 1.82) is 0 Å². The predicted molar refractivity (Wildman–Crippen MR) is 72.2 cm³/mol. The molecule has 1 aliphatic rings. The highest BCUT2D eigenvalue weighted by Crippen LogP contribution is 2.17. The second-order valence-electron chi connectivity index (χ2n) is 4.85. The quantitative estimate of drug-likeness (QED) is 0.815. The van der Waals surface area contributed by atoms with Gasteiger partial charge >= 0.3 is 6.03 Å². The summed E-state index contributed by atoms with van der Waals surface area (Å²) in [6.45, 7) is 2.84. The van der Waals surface area contributed by atoms with Crippen LogP contribution in [0.25, 0.3) is 0 Å². The van der Waals surface area contributed by atoms with Crippen LogP contribution in [0.5, 0.6) is 0 Å². The number of aliphatic hydroxyl groups is 1. The molecule has 1 heterocycles. The molecule has 1 saturated heterocycles. The normalized spacial score (nSPS) is 18.4. The number of carbonyl (C=O) groups is 2. The fraction of sp³-hybridized carbons (Fsp3) is 0.429. The van der Waals surface area contributed by atoms with Crippen LogP contribution in [-0.4, -0.2) is 41.5 Å². The first kappa shape index (κ1) is 13.5. The lowest BCUT2D eigenvalue weighted by Gasteiger charge is -2.17. The fourth-order valence-electron chi connectivity index (χ4n) is 2.18. The van der Waals surface area contributed by atoms with E-state index in [1.165, 1.54) is 6.92 Å². The van der Waals surface area contributed by atoms with E-state index in [0.29, 0.717) is 24.3 Å². The van der Waals surface area contributed by atoms with Gasteiger partial charge in [0.05, 0.1) is 0 Å². The highest BCUT2D eigenvalue weighted by molar-refractivity contribution is 5.96. The van der Waals surface area contributed by atoms with E-state index in [1.54, 1.807) is 29.2 Å². The fourth-order valence-corrected chi connectivity index (χ4v) is 2.18.